The van der Waals surface area contributed by atoms with Gasteiger partial charge in [0.25, 0.3) is 5.56 Å². The van der Waals surface area contributed by atoms with Gasteiger partial charge in [0.15, 0.2) is 23.6 Å². The molecule has 0 radical (unpaired) electrons. The summed E-state index contributed by atoms with van der Waals surface area (Å²) in [7, 11) is -7.57. The average molecular weight is 738 g/mol. The first kappa shape index (κ1) is 37.1. The summed E-state index contributed by atoms with van der Waals surface area (Å²) in [6.45, 7) is -1.78. The first-order valence-electron chi connectivity index (χ1n) is 14.2. The zero-order valence-electron chi connectivity index (χ0n) is 25.7. The van der Waals surface area contributed by atoms with E-state index in [9.17, 15) is 38.7 Å². The van der Waals surface area contributed by atoms with Gasteiger partial charge in [0.1, 0.15) is 42.4 Å². The molecular formula is C23H33N9O15P2-2. The van der Waals surface area contributed by atoms with Crippen molar-refractivity contribution in [2.24, 2.45) is 0 Å². The number of fused-ring (bicyclic) bond motifs is 1. The Kier molecular flexibility index (Phi) is 11.3. The SMILES string of the molecule is COCCN[P@@](=O)(OC[C@H]1O[C@@H](n2ccc(N)nc2=O)[C@H](O)[C@@H]1O)O[C@H]1[C@@H](OC)[C@H](n2cnc3c(=O)[nH]c(N)nc32)O[C@@H]1COP(=O)([O-])[O-]. The van der Waals surface area contributed by atoms with Gasteiger partial charge in [-0.05, 0) is 6.07 Å². The second-order valence-electron chi connectivity index (χ2n) is 10.6. The number of aliphatic hydroxyl groups is 2. The first-order chi connectivity index (χ1) is 23.1. The smallest absolute Gasteiger partial charge is 0.406 e. The van der Waals surface area contributed by atoms with Crippen LogP contribution in [0.2, 0.25) is 0 Å². The number of nitrogens with one attached hydrogen (secondary N) is 2. The van der Waals surface area contributed by atoms with Crippen LogP contribution >= 0.6 is 15.6 Å². The molecule has 0 amide bonds. The summed E-state index contributed by atoms with van der Waals surface area (Å²) in [6, 6.07) is 1.27. The number of nitrogens with zero attached hydrogens (tertiary/aromatic N) is 5. The van der Waals surface area contributed by atoms with Gasteiger partial charge in [-0.15, -0.1) is 0 Å². The minimum Gasteiger partial charge on any atom is -0.790 e. The number of nitrogen functional groups attached to an aromatic ring is 2. The summed E-state index contributed by atoms with van der Waals surface area (Å²) in [5, 5.41) is 23.9. The lowest BCUT2D eigenvalue weighted by atomic mass is 10.1. The molecule has 0 unspecified atom stereocenters. The Labute approximate surface area is 275 Å². The second-order valence-corrected chi connectivity index (χ2v) is 13.6. The van der Waals surface area contributed by atoms with E-state index < -0.39 is 89.1 Å². The number of nitrogens with two attached hydrogens (primary N) is 2. The number of aromatic amines is 1. The van der Waals surface area contributed by atoms with Gasteiger partial charge in [-0.1, -0.05) is 0 Å². The number of hydrogen-bond donors (Lipinski definition) is 6. The Balaban J connectivity index is 1.42. The van der Waals surface area contributed by atoms with Gasteiger partial charge in [0.2, 0.25) is 5.95 Å². The Bertz CT molecular complexity index is 1830. The van der Waals surface area contributed by atoms with Gasteiger partial charge in [-0.3, -0.25) is 28.0 Å². The summed E-state index contributed by atoms with van der Waals surface area (Å²) in [6.07, 6.45) is -9.40. The van der Waals surface area contributed by atoms with Crippen LogP contribution in [0.3, 0.4) is 0 Å². The van der Waals surface area contributed by atoms with Crippen LogP contribution in [0.15, 0.2) is 28.2 Å². The lowest BCUT2D eigenvalue weighted by Gasteiger charge is -2.32. The maximum atomic E-state index is 14.2. The molecule has 0 saturated carbocycles. The van der Waals surface area contributed by atoms with Gasteiger partial charge >= 0.3 is 13.4 Å². The molecule has 24 nitrogen and oxygen atoms in total. The number of ether oxygens (including phenoxy) is 4. The van der Waals surface area contributed by atoms with Crippen molar-refractivity contribution >= 4 is 38.5 Å². The number of aromatic nitrogens is 6. The van der Waals surface area contributed by atoms with Crippen molar-refractivity contribution < 1.29 is 61.6 Å². The van der Waals surface area contributed by atoms with E-state index in [1.54, 1.807) is 0 Å². The minimum atomic E-state index is -5.56. The maximum absolute atomic E-state index is 14.2. The summed E-state index contributed by atoms with van der Waals surface area (Å²) in [4.78, 5) is 61.4. The van der Waals surface area contributed by atoms with E-state index in [1.165, 1.54) is 31.0 Å². The van der Waals surface area contributed by atoms with E-state index in [1.807, 2.05) is 0 Å². The Morgan fingerprint density at radius 1 is 1.02 bits per heavy atom. The number of rotatable bonds is 15. The number of imidazole rings is 1. The number of anilines is 2. The van der Waals surface area contributed by atoms with Crippen LogP contribution < -0.4 is 37.6 Å². The van der Waals surface area contributed by atoms with Crippen LogP contribution in [0.1, 0.15) is 12.5 Å². The van der Waals surface area contributed by atoms with Gasteiger partial charge < -0.3 is 59.5 Å². The van der Waals surface area contributed by atoms with E-state index in [-0.39, 0.29) is 36.1 Å². The first-order valence-corrected chi connectivity index (χ1v) is 17.3. The highest BCUT2D eigenvalue weighted by Gasteiger charge is 2.52. The normalized spacial score (nSPS) is 28.7. The van der Waals surface area contributed by atoms with E-state index in [0.717, 1.165) is 10.9 Å². The van der Waals surface area contributed by atoms with Crippen molar-refractivity contribution in [2.45, 2.75) is 49.1 Å². The monoisotopic (exact) mass is 737 g/mol. The number of aliphatic hydroxyl groups excluding tert-OH is 2. The molecular weight excluding hydrogens is 704 g/mol. The molecule has 0 aromatic carbocycles. The third kappa shape index (κ3) is 8.24. The molecule has 9 atom stereocenters. The van der Waals surface area contributed by atoms with Crippen molar-refractivity contribution in [1.82, 2.24) is 34.2 Å². The van der Waals surface area contributed by atoms with E-state index in [4.69, 9.17) is 39.5 Å². The Hall–Kier alpha value is -3.19. The molecule has 26 heteroatoms. The van der Waals surface area contributed by atoms with Gasteiger partial charge in [-0.25, -0.2) is 19.4 Å². The van der Waals surface area contributed by atoms with Crippen LogP contribution in [0.5, 0.6) is 0 Å². The summed E-state index contributed by atoms with van der Waals surface area (Å²) in [5.74, 6) is -0.354. The number of phosphoric acid groups is 1. The molecule has 5 heterocycles. The minimum absolute atomic E-state index is 0.00461. The number of hydrogen-bond acceptors (Lipinski definition) is 20. The van der Waals surface area contributed by atoms with Crippen molar-refractivity contribution in [2.75, 3.05) is 52.1 Å². The lowest BCUT2D eigenvalue weighted by Crippen LogP contribution is -2.40. The fourth-order valence-electron chi connectivity index (χ4n) is 5.18. The molecule has 0 aliphatic carbocycles. The molecule has 0 spiro atoms. The maximum Gasteiger partial charge on any atom is 0.406 e. The Morgan fingerprint density at radius 2 is 1.73 bits per heavy atom. The molecule has 2 aliphatic heterocycles. The number of phosphoric ester groups is 1. The van der Waals surface area contributed by atoms with E-state index in [0.29, 0.717) is 0 Å². The molecule has 0 bridgehead atoms. The van der Waals surface area contributed by atoms with Crippen molar-refractivity contribution in [3.8, 4) is 0 Å². The van der Waals surface area contributed by atoms with Gasteiger partial charge in [-0.2, -0.15) is 9.97 Å². The molecule has 2 fully saturated rings. The summed E-state index contributed by atoms with van der Waals surface area (Å²) < 4.78 is 65.9. The molecule has 49 heavy (non-hydrogen) atoms. The van der Waals surface area contributed by atoms with Crippen molar-refractivity contribution in [3.63, 3.8) is 0 Å². The fourth-order valence-corrected chi connectivity index (χ4v) is 7.02. The van der Waals surface area contributed by atoms with Crippen LogP contribution in [0.25, 0.3) is 11.2 Å². The fraction of sp³-hybridized carbons (Fsp3) is 0.609. The molecule has 272 valence electrons. The van der Waals surface area contributed by atoms with E-state index in [2.05, 4.69) is 29.5 Å². The zero-order chi connectivity index (χ0) is 35.7. The quantitative estimate of drug-likeness (QED) is 0.0634. The highest BCUT2D eigenvalue weighted by atomic mass is 31.2. The van der Waals surface area contributed by atoms with Crippen LogP contribution in [-0.4, -0.2) is 116 Å². The molecule has 3 aromatic heterocycles. The van der Waals surface area contributed by atoms with Crippen LogP contribution in [0, 0.1) is 0 Å². The number of H-pyrrole nitrogens is 1. The third-order valence-corrected chi connectivity index (χ3v) is 9.51. The standard InChI is InChI=1S/C23H35N9O15P2/c1-41-6-4-27-48(37,43-7-10-14(33)15(34)20(45-10)31-5-3-12(24)28-23(31)36)47-16-11(8-44-49(38,39)40)46-21(17(16)42-2)32-9-26-13-18(32)29-22(25)30-19(13)35/h3,5,9-11,14-17,20-21,33-34H,4,6-8H2,1-2H3,(H,27,37)(H2,24,28,36)(H2,38,39,40)(H3,25,29,30,35)/p-2/t10-,11-,14-,15-,16-,17-,20-,21-,48-/m1/s1. The van der Waals surface area contributed by atoms with Crippen LogP contribution in [0.4, 0.5) is 11.8 Å². The largest absolute Gasteiger partial charge is 0.790 e. The van der Waals surface area contributed by atoms with Crippen molar-refractivity contribution in [3.05, 3.63) is 39.4 Å². The zero-order valence-corrected chi connectivity index (χ0v) is 27.5. The second kappa shape index (κ2) is 15.0. The third-order valence-electron chi connectivity index (χ3n) is 7.42. The molecule has 3 aromatic rings. The van der Waals surface area contributed by atoms with E-state index >= 15 is 0 Å². The van der Waals surface area contributed by atoms with Gasteiger partial charge in [0, 0.05) is 27.0 Å². The highest BCUT2D eigenvalue weighted by Crippen LogP contribution is 2.50. The van der Waals surface area contributed by atoms with Crippen LogP contribution in [-0.2, 0) is 41.6 Å². The predicted octanol–water partition coefficient (Wildman–Crippen LogP) is -4.34. The summed E-state index contributed by atoms with van der Waals surface area (Å²) >= 11 is 0. The average Bonchev–Trinajstić information content (AvgIpc) is 3.68. The molecule has 2 saturated heterocycles. The number of methoxy groups -OCH3 is 2. The predicted molar refractivity (Wildman–Crippen MR) is 158 cm³/mol. The Morgan fingerprint density at radius 3 is 2.41 bits per heavy atom. The topological polar surface area (TPSA) is 348 Å². The lowest BCUT2D eigenvalue weighted by molar-refractivity contribution is -0.343. The molecule has 8 N–H and O–H groups in total. The molecule has 2 aliphatic rings. The van der Waals surface area contributed by atoms with Gasteiger partial charge in [0.05, 0.1) is 34.0 Å². The van der Waals surface area contributed by atoms with Crippen molar-refractivity contribution in [1.29, 1.82) is 0 Å². The highest BCUT2D eigenvalue weighted by molar-refractivity contribution is 7.51. The summed E-state index contributed by atoms with van der Waals surface area (Å²) in [5.41, 5.74) is 9.45. The molecule has 5 rings (SSSR count).